The van der Waals surface area contributed by atoms with Crippen LogP contribution in [0.15, 0.2) is 30.3 Å². The second-order valence-electron chi connectivity index (χ2n) is 5.44. The van der Waals surface area contributed by atoms with Gasteiger partial charge in [-0.05, 0) is 31.5 Å². The molecule has 0 radical (unpaired) electrons. The van der Waals surface area contributed by atoms with E-state index in [0.29, 0.717) is 6.04 Å². The van der Waals surface area contributed by atoms with E-state index in [1.807, 2.05) is 30.3 Å². The number of aromatic amines is 1. The van der Waals surface area contributed by atoms with Crippen LogP contribution in [0.4, 0.5) is 0 Å². The molecule has 112 valence electrons. The van der Waals surface area contributed by atoms with Gasteiger partial charge in [0.2, 0.25) is 0 Å². The Balaban J connectivity index is 1.55. The van der Waals surface area contributed by atoms with Crippen molar-refractivity contribution in [3.05, 3.63) is 42.0 Å². The fraction of sp³-hybridized carbons (Fsp3) is 0.500. The van der Waals surface area contributed by atoms with Crippen molar-refractivity contribution in [3.8, 4) is 5.75 Å². The maximum Gasteiger partial charge on any atom is 0.150 e. The van der Waals surface area contributed by atoms with Gasteiger partial charge in [0.15, 0.2) is 0 Å². The van der Waals surface area contributed by atoms with Crippen LogP contribution in [0.2, 0.25) is 0 Å². The van der Waals surface area contributed by atoms with Crippen molar-refractivity contribution in [1.29, 1.82) is 0 Å². The molecule has 0 saturated carbocycles. The highest BCUT2D eigenvalue weighted by atomic mass is 16.5. The zero-order valence-electron chi connectivity index (χ0n) is 12.5. The predicted octanol–water partition coefficient (Wildman–Crippen LogP) is 2.41. The largest absolute Gasteiger partial charge is 0.492 e. The second kappa shape index (κ2) is 6.72. The Kier molecular flexibility index (Phi) is 4.50. The zero-order chi connectivity index (χ0) is 14.5. The van der Waals surface area contributed by atoms with Crippen LogP contribution >= 0.6 is 0 Å². The Bertz CT molecular complexity index is 554. The molecular formula is C16H22N4O. The SMILES string of the molecule is CCc1n[nH]c(CN2CCCC2COc2ccccc2)n1. The molecule has 0 amide bonds. The molecule has 1 aliphatic rings. The van der Waals surface area contributed by atoms with Crippen LogP contribution in [0.3, 0.4) is 0 Å². The summed E-state index contributed by atoms with van der Waals surface area (Å²) in [5, 5.41) is 7.24. The summed E-state index contributed by atoms with van der Waals surface area (Å²) in [6, 6.07) is 10.5. The number of para-hydroxylation sites is 1. The van der Waals surface area contributed by atoms with E-state index in [-0.39, 0.29) is 0 Å². The maximum atomic E-state index is 5.90. The third-order valence-corrected chi connectivity index (χ3v) is 3.93. The molecule has 1 aromatic heterocycles. The molecule has 1 saturated heterocycles. The molecule has 1 N–H and O–H groups in total. The van der Waals surface area contributed by atoms with Crippen molar-refractivity contribution < 1.29 is 4.74 Å². The molecule has 1 aliphatic heterocycles. The minimum absolute atomic E-state index is 0.459. The summed E-state index contributed by atoms with van der Waals surface area (Å²) in [4.78, 5) is 6.93. The zero-order valence-corrected chi connectivity index (χ0v) is 12.5. The van der Waals surface area contributed by atoms with Crippen LogP contribution in [-0.2, 0) is 13.0 Å². The topological polar surface area (TPSA) is 54.0 Å². The van der Waals surface area contributed by atoms with Crippen LogP contribution in [0.5, 0.6) is 5.75 Å². The first-order valence-corrected chi connectivity index (χ1v) is 7.67. The van der Waals surface area contributed by atoms with Crippen molar-refractivity contribution >= 4 is 0 Å². The number of likely N-dealkylation sites (tertiary alicyclic amines) is 1. The van der Waals surface area contributed by atoms with E-state index >= 15 is 0 Å². The van der Waals surface area contributed by atoms with E-state index < -0.39 is 0 Å². The molecule has 0 aliphatic carbocycles. The minimum Gasteiger partial charge on any atom is -0.492 e. The van der Waals surface area contributed by atoms with Crippen molar-refractivity contribution in [3.63, 3.8) is 0 Å². The van der Waals surface area contributed by atoms with Gasteiger partial charge in [0.1, 0.15) is 24.0 Å². The normalized spacial score (nSPS) is 19.0. The van der Waals surface area contributed by atoms with Gasteiger partial charge in [-0.2, -0.15) is 5.10 Å². The van der Waals surface area contributed by atoms with Gasteiger partial charge in [-0.15, -0.1) is 0 Å². The predicted molar refractivity (Wildman–Crippen MR) is 81.1 cm³/mol. The van der Waals surface area contributed by atoms with Gasteiger partial charge < -0.3 is 4.74 Å². The van der Waals surface area contributed by atoms with Crippen molar-refractivity contribution in [2.24, 2.45) is 0 Å². The van der Waals surface area contributed by atoms with Gasteiger partial charge in [-0.1, -0.05) is 25.1 Å². The van der Waals surface area contributed by atoms with Crippen LogP contribution in [0.25, 0.3) is 0 Å². The van der Waals surface area contributed by atoms with Crippen molar-refractivity contribution in [2.45, 2.75) is 38.8 Å². The maximum absolute atomic E-state index is 5.90. The van der Waals surface area contributed by atoms with Gasteiger partial charge in [0.25, 0.3) is 0 Å². The standard InChI is InChI=1S/C16H22N4O/c1-2-15-17-16(19-18-15)11-20-10-6-7-13(20)12-21-14-8-4-3-5-9-14/h3-5,8-9,13H,2,6-7,10-12H2,1H3,(H,17,18,19). The van der Waals surface area contributed by atoms with E-state index in [0.717, 1.165) is 43.5 Å². The third-order valence-electron chi connectivity index (χ3n) is 3.93. The van der Waals surface area contributed by atoms with Gasteiger partial charge in [-0.3, -0.25) is 10.00 Å². The summed E-state index contributed by atoms with van der Waals surface area (Å²) >= 11 is 0. The van der Waals surface area contributed by atoms with E-state index in [1.54, 1.807) is 0 Å². The molecule has 5 heteroatoms. The molecule has 1 atom stereocenters. The quantitative estimate of drug-likeness (QED) is 0.886. The van der Waals surface area contributed by atoms with Gasteiger partial charge in [0, 0.05) is 12.5 Å². The van der Waals surface area contributed by atoms with E-state index in [2.05, 4.69) is 27.0 Å². The molecule has 1 unspecified atom stereocenters. The molecule has 0 spiro atoms. The lowest BCUT2D eigenvalue weighted by Gasteiger charge is -2.23. The first kappa shape index (κ1) is 14.1. The highest BCUT2D eigenvalue weighted by molar-refractivity contribution is 5.21. The number of hydrogen-bond donors (Lipinski definition) is 1. The first-order valence-electron chi connectivity index (χ1n) is 7.67. The average Bonchev–Trinajstić information content (AvgIpc) is 3.16. The summed E-state index contributed by atoms with van der Waals surface area (Å²) in [6.45, 7) is 4.74. The van der Waals surface area contributed by atoms with Crippen LogP contribution < -0.4 is 4.74 Å². The number of benzene rings is 1. The molecule has 1 fully saturated rings. The molecule has 1 aromatic carbocycles. The molecule has 21 heavy (non-hydrogen) atoms. The summed E-state index contributed by atoms with van der Waals surface area (Å²) in [7, 11) is 0. The molecule has 3 rings (SSSR count). The lowest BCUT2D eigenvalue weighted by Crippen LogP contribution is -2.34. The number of rotatable bonds is 6. The molecule has 5 nitrogen and oxygen atoms in total. The molecule has 0 bridgehead atoms. The van der Waals surface area contributed by atoms with Crippen LogP contribution in [-0.4, -0.2) is 39.3 Å². The number of aromatic nitrogens is 3. The lowest BCUT2D eigenvalue weighted by atomic mass is 10.2. The number of nitrogens with one attached hydrogen (secondary N) is 1. The Morgan fingerprint density at radius 1 is 1.33 bits per heavy atom. The number of ether oxygens (including phenoxy) is 1. The van der Waals surface area contributed by atoms with Crippen LogP contribution in [0, 0.1) is 0 Å². The van der Waals surface area contributed by atoms with E-state index in [4.69, 9.17) is 4.74 Å². The highest BCUT2D eigenvalue weighted by Gasteiger charge is 2.26. The van der Waals surface area contributed by atoms with Gasteiger partial charge >= 0.3 is 0 Å². The summed E-state index contributed by atoms with van der Waals surface area (Å²) < 4.78 is 5.90. The smallest absolute Gasteiger partial charge is 0.150 e. The van der Waals surface area contributed by atoms with E-state index in [9.17, 15) is 0 Å². The van der Waals surface area contributed by atoms with Gasteiger partial charge in [0.05, 0.1) is 6.54 Å². The summed E-state index contributed by atoms with van der Waals surface area (Å²) in [5.41, 5.74) is 0. The number of H-pyrrole nitrogens is 1. The summed E-state index contributed by atoms with van der Waals surface area (Å²) in [6.07, 6.45) is 3.27. The fourth-order valence-electron chi connectivity index (χ4n) is 2.76. The molecule has 2 heterocycles. The highest BCUT2D eigenvalue weighted by Crippen LogP contribution is 2.20. The van der Waals surface area contributed by atoms with Crippen LogP contribution in [0.1, 0.15) is 31.4 Å². The first-order chi connectivity index (χ1) is 10.3. The minimum atomic E-state index is 0.459. The monoisotopic (exact) mass is 286 g/mol. The number of hydrogen-bond acceptors (Lipinski definition) is 4. The summed E-state index contributed by atoms with van der Waals surface area (Å²) in [5.74, 6) is 2.79. The Labute approximate surface area is 125 Å². The Morgan fingerprint density at radius 3 is 2.95 bits per heavy atom. The second-order valence-corrected chi connectivity index (χ2v) is 5.44. The van der Waals surface area contributed by atoms with Crippen molar-refractivity contribution in [2.75, 3.05) is 13.2 Å². The average molecular weight is 286 g/mol. The number of aryl methyl sites for hydroxylation is 1. The Morgan fingerprint density at radius 2 is 2.19 bits per heavy atom. The molecule has 2 aromatic rings. The number of nitrogens with zero attached hydrogens (tertiary/aromatic N) is 3. The fourth-order valence-corrected chi connectivity index (χ4v) is 2.76. The van der Waals surface area contributed by atoms with Gasteiger partial charge in [-0.25, -0.2) is 4.98 Å². The molecular weight excluding hydrogens is 264 g/mol. The Hall–Kier alpha value is -1.88. The third kappa shape index (κ3) is 3.61. The van der Waals surface area contributed by atoms with E-state index in [1.165, 1.54) is 12.8 Å². The van der Waals surface area contributed by atoms with Crippen molar-refractivity contribution in [1.82, 2.24) is 20.1 Å². The lowest BCUT2D eigenvalue weighted by molar-refractivity contribution is 0.164.